The summed E-state index contributed by atoms with van der Waals surface area (Å²) in [6, 6.07) is 7.43. The maximum absolute atomic E-state index is 12.6. The number of anilines is 1. The lowest BCUT2D eigenvalue weighted by molar-refractivity contribution is -0.0429. The standard InChI is InChI=1S/C15H14ClF3N2O3S2/c1-2-13(20-24-9-11-4-3-7-25-11)12-8-10(16)5-6-14(12)21-26(22,23)15(17,18)19/h3-8,21H,2,9H2,1H3/b20-13+. The van der Waals surface area contributed by atoms with Gasteiger partial charge in [-0.3, -0.25) is 4.72 Å². The molecule has 0 saturated carbocycles. The summed E-state index contributed by atoms with van der Waals surface area (Å²) >= 11 is 7.36. The molecule has 0 bridgehead atoms. The fraction of sp³-hybridized carbons (Fsp3) is 0.267. The van der Waals surface area contributed by atoms with Crippen LogP contribution in [0.3, 0.4) is 0 Å². The Labute approximate surface area is 157 Å². The second-order valence-corrected chi connectivity index (χ2v) is 8.13. The summed E-state index contributed by atoms with van der Waals surface area (Å²) in [7, 11) is -5.57. The van der Waals surface area contributed by atoms with Crippen LogP contribution in [0.25, 0.3) is 0 Å². The number of nitrogens with one attached hydrogen (secondary N) is 1. The zero-order valence-electron chi connectivity index (χ0n) is 13.4. The maximum atomic E-state index is 12.6. The maximum Gasteiger partial charge on any atom is 0.516 e. The van der Waals surface area contributed by atoms with Gasteiger partial charge in [-0.25, -0.2) is 0 Å². The molecule has 1 N–H and O–H groups in total. The first-order valence-corrected chi connectivity index (χ1v) is 9.98. The van der Waals surface area contributed by atoms with E-state index in [1.54, 1.807) is 6.92 Å². The van der Waals surface area contributed by atoms with Crippen molar-refractivity contribution in [2.45, 2.75) is 25.5 Å². The number of alkyl halides is 3. The van der Waals surface area contributed by atoms with Gasteiger partial charge in [0.1, 0.15) is 0 Å². The molecular formula is C15H14ClF3N2O3S2. The van der Waals surface area contributed by atoms with Gasteiger partial charge in [0.2, 0.25) is 0 Å². The van der Waals surface area contributed by atoms with Crippen LogP contribution in [0.4, 0.5) is 18.9 Å². The molecule has 142 valence electrons. The highest BCUT2D eigenvalue weighted by molar-refractivity contribution is 7.93. The average molecular weight is 427 g/mol. The number of sulfonamides is 1. The largest absolute Gasteiger partial charge is 0.516 e. The van der Waals surface area contributed by atoms with Gasteiger partial charge in [0.05, 0.1) is 11.4 Å². The first kappa shape index (κ1) is 20.5. The summed E-state index contributed by atoms with van der Waals surface area (Å²) in [5.41, 5.74) is -5.36. The van der Waals surface area contributed by atoms with Gasteiger partial charge < -0.3 is 4.84 Å². The van der Waals surface area contributed by atoms with E-state index in [0.29, 0.717) is 0 Å². The van der Waals surface area contributed by atoms with E-state index in [9.17, 15) is 21.6 Å². The lowest BCUT2D eigenvalue weighted by atomic mass is 10.1. The molecule has 1 aromatic carbocycles. The molecule has 0 radical (unpaired) electrons. The van der Waals surface area contributed by atoms with Crippen molar-refractivity contribution in [2.24, 2.45) is 5.16 Å². The summed E-state index contributed by atoms with van der Waals surface area (Å²) in [5.74, 6) is 0. The zero-order valence-corrected chi connectivity index (χ0v) is 15.8. The van der Waals surface area contributed by atoms with Crippen LogP contribution in [0.5, 0.6) is 0 Å². The van der Waals surface area contributed by atoms with Crippen LogP contribution in [-0.4, -0.2) is 19.6 Å². The normalized spacial score (nSPS) is 12.9. The molecule has 26 heavy (non-hydrogen) atoms. The highest BCUT2D eigenvalue weighted by Gasteiger charge is 2.46. The zero-order chi connectivity index (χ0) is 19.4. The van der Waals surface area contributed by atoms with Gasteiger partial charge in [0.15, 0.2) is 6.61 Å². The van der Waals surface area contributed by atoms with Gasteiger partial charge in [-0.2, -0.15) is 21.6 Å². The SMILES string of the molecule is CC/C(=N\OCc1cccs1)c1cc(Cl)ccc1NS(=O)(=O)C(F)(F)F. The Morgan fingerprint density at radius 2 is 2.08 bits per heavy atom. The van der Waals surface area contributed by atoms with Gasteiger partial charge in [0.25, 0.3) is 0 Å². The topological polar surface area (TPSA) is 67.8 Å². The summed E-state index contributed by atoms with van der Waals surface area (Å²) in [5, 5.41) is 6.01. The van der Waals surface area contributed by atoms with E-state index in [0.717, 1.165) is 10.9 Å². The van der Waals surface area contributed by atoms with Crippen LogP contribution >= 0.6 is 22.9 Å². The number of benzene rings is 1. The lowest BCUT2D eigenvalue weighted by Gasteiger charge is -2.15. The molecule has 0 saturated heterocycles. The summed E-state index contributed by atoms with van der Waals surface area (Å²) in [6.45, 7) is 1.89. The fourth-order valence-corrected chi connectivity index (χ4v) is 3.28. The lowest BCUT2D eigenvalue weighted by Crippen LogP contribution is -2.30. The van der Waals surface area contributed by atoms with Gasteiger partial charge in [-0.1, -0.05) is 29.7 Å². The van der Waals surface area contributed by atoms with E-state index in [2.05, 4.69) is 5.16 Å². The van der Waals surface area contributed by atoms with Crippen molar-refractivity contribution in [3.63, 3.8) is 0 Å². The fourth-order valence-electron chi connectivity index (χ4n) is 1.92. The minimum atomic E-state index is -5.57. The van der Waals surface area contributed by atoms with Crippen molar-refractivity contribution in [2.75, 3.05) is 4.72 Å². The Balaban J connectivity index is 2.32. The minimum Gasteiger partial charge on any atom is -0.390 e. The van der Waals surface area contributed by atoms with Crippen LogP contribution < -0.4 is 4.72 Å². The smallest absolute Gasteiger partial charge is 0.390 e. The number of thiophene rings is 1. The summed E-state index contributed by atoms with van der Waals surface area (Å²) < 4.78 is 62.3. The molecule has 0 aliphatic rings. The van der Waals surface area contributed by atoms with E-state index in [1.807, 2.05) is 17.5 Å². The van der Waals surface area contributed by atoms with Crippen LogP contribution in [0.1, 0.15) is 23.8 Å². The van der Waals surface area contributed by atoms with Gasteiger partial charge in [0, 0.05) is 15.5 Å². The van der Waals surface area contributed by atoms with Crippen molar-refractivity contribution < 1.29 is 26.4 Å². The van der Waals surface area contributed by atoms with Crippen molar-refractivity contribution >= 4 is 44.4 Å². The average Bonchev–Trinajstić information content (AvgIpc) is 3.05. The molecule has 2 rings (SSSR count). The molecule has 0 fully saturated rings. The highest BCUT2D eigenvalue weighted by Crippen LogP contribution is 2.29. The Hall–Kier alpha value is -1.78. The van der Waals surface area contributed by atoms with Crippen LogP contribution in [0.2, 0.25) is 5.02 Å². The second-order valence-electron chi connectivity index (χ2n) is 4.99. The molecule has 1 heterocycles. The number of rotatable bonds is 7. The van der Waals surface area contributed by atoms with Crippen molar-refractivity contribution in [1.82, 2.24) is 0 Å². The quantitative estimate of drug-likeness (QED) is 0.500. The predicted molar refractivity (Wildman–Crippen MR) is 96.0 cm³/mol. The third kappa shape index (κ3) is 5.12. The molecule has 0 atom stereocenters. The first-order chi connectivity index (χ1) is 12.1. The Kier molecular flexibility index (Phi) is 6.53. The van der Waals surface area contributed by atoms with Gasteiger partial charge >= 0.3 is 15.5 Å². The third-order valence-electron chi connectivity index (χ3n) is 3.14. The molecule has 0 unspecified atom stereocenters. The van der Waals surface area contributed by atoms with Gasteiger partial charge in [-0.15, -0.1) is 11.3 Å². The minimum absolute atomic E-state index is 0.110. The van der Waals surface area contributed by atoms with E-state index in [1.165, 1.54) is 28.2 Å². The van der Waals surface area contributed by atoms with Gasteiger partial charge in [-0.05, 0) is 36.1 Å². The Bertz CT molecular complexity index is 882. The number of hydrogen-bond donors (Lipinski definition) is 1. The highest BCUT2D eigenvalue weighted by atomic mass is 35.5. The summed E-state index contributed by atoms with van der Waals surface area (Å²) in [6.07, 6.45) is 0.283. The Morgan fingerprint density at radius 1 is 1.35 bits per heavy atom. The number of oxime groups is 1. The van der Waals surface area contributed by atoms with E-state index in [-0.39, 0.29) is 35.0 Å². The molecule has 1 aromatic heterocycles. The van der Waals surface area contributed by atoms with Crippen molar-refractivity contribution in [3.8, 4) is 0 Å². The van der Waals surface area contributed by atoms with E-state index >= 15 is 0 Å². The van der Waals surface area contributed by atoms with E-state index in [4.69, 9.17) is 16.4 Å². The first-order valence-electron chi connectivity index (χ1n) is 7.24. The monoisotopic (exact) mass is 426 g/mol. The van der Waals surface area contributed by atoms with Crippen molar-refractivity contribution in [3.05, 3.63) is 51.2 Å². The number of nitrogens with zero attached hydrogens (tertiary/aromatic N) is 1. The molecule has 2 aromatic rings. The third-order valence-corrected chi connectivity index (χ3v) is 5.32. The Morgan fingerprint density at radius 3 is 2.65 bits per heavy atom. The molecule has 5 nitrogen and oxygen atoms in total. The molecule has 11 heteroatoms. The second kappa shape index (κ2) is 8.28. The molecular weight excluding hydrogens is 413 g/mol. The number of hydrogen-bond acceptors (Lipinski definition) is 5. The molecule has 0 spiro atoms. The van der Waals surface area contributed by atoms with Crippen LogP contribution in [-0.2, 0) is 21.5 Å². The van der Waals surface area contributed by atoms with Crippen LogP contribution in [0, 0.1) is 0 Å². The van der Waals surface area contributed by atoms with Crippen molar-refractivity contribution in [1.29, 1.82) is 0 Å². The summed E-state index contributed by atoms with van der Waals surface area (Å²) in [4.78, 5) is 6.14. The van der Waals surface area contributed by atoms with E-state index < -0.39 is 15.5 Å². The molecule has 0 aliphatic heterocycles. The van der Waals surface area contributed by atoms with Crippen LogP contribution in [0.15, 0.2) is 40.9 Å². The number of halogens is 4. The molecule has 0 aliphatic carbocycles. The molecule has 0 amide bonds. The predicted octanol–water partition coefficient (Wildman–Crippen LogP) is 4.99.